The Balaban J connectivity index is 1.66. The summed E-state index contributed by atoms with van der Waals surface area (Å²) >= 11 is 0. The number of aromatic nitrogens is 4. The van der Waals surface area contributed by atoms with Crippen molar-refractivity contribution in [3.05, 3.63) is 65.7 Å². The molecule has 3 aromatic heterocycles. The van der Waals surface area contributed by atoms with Crippen molar-refractivity contribution in [1.29, 1.82) is 0 Å². The SMILES string of the molecule is [2H]C([2H])(CC(=O)c1cc(-c2ccn3nc(N)nc3c2)cnc1OC)c1cc(OC(F)(F)F)ccc1F. The molecule has 0 saturated heterocycles. The molecule has 4 rings (SSSR count). The number of nitrogen functional groups attached to an aromatic ring is 1. The largest absolute Gasteiger partial charge is 0.573 e. The van der Waals surface area contributed by atoms with Crippen LogP contribution in [-0.4, -0.2) is 38.8 Å². The lowest BCUT2D eigenvalue weighted by Crippen LogP contribution is -2.17. The molecule has 3 heterocycles. The molecule has 0 radical (unpaired) electrons. The highest BCUT2D eigenvalue weighted by Crippen LogP contribution is 2.28. The van der Waals surface area contributed by atoms with Crippen molar-refractivity contribution in [2.45, 2.75) is 19.2 Å². The molecule has 0 aliphatic rings. The Labute approximate surface area is 192 Å². The number of pyridine rings is 2. The molecule has 1 aromatic carbocycles. The third kappa shape index (κ3) is 5.05. The number of benzene rings is 1. The predicted molar refractivity (Wildman–Crippen MR) is 113 cm³/mol. The summed E-state index contributed by atoms with van der Waals surface area (Å²) in [4.78, 5) is 21.3. The Bertz CT molecular complexity index is 1460. The van der Waals surface area contributed by atoms with Crippen molar-refractivity contribution in [3.63, 3.8) is 0 Å². The Hall–Kier alpha value is -4.22. The van der Waals surface area contributed by atoms with Crippen molar-refractivity contribution in [2.75, 3.05) is 12.8 Å². The summed E-state index contributed by atoms with van der Waals surface area (Å²) in [6.45, 7) is 0. The number of hydrogen-bond acceptors (Lipinski definition) is 7. The minimum absolute atomic E-state index is 0.0649. The van der Waals surface area contributed by atoms with E-state index in [0.717, 1.165) is 0 Å². The van der Waals surface area contributed by atoms with Gasteiger partial charge in [0, 0.05) is 27.1 Å². The van der Waals surface area contributed by atoms with Crippen LogP contribution in [0.2, 0.25) is 0 Å². The van der Waals surface area contributed by atoms with Gasteiger partial charge in [0.25, 0.3) is 0 Å². The molecule has 0 fully saturated rings. The number of aryl methyl sites for hydroxylation is 1. The Kier molecular flexibility index (Phi) is 5.38. The van der Waals surface area contributed by atoms with Gasteiger partial charge in [-0.3, -0.25) is 4.79 Å². The van der Waals surface area contributed by atoms with E-state index < -0.39 is 42.1 Å². The fourth-order valence-corrected chi connectivity index (χ4v) is 3.16. The van der Waals surface area contributed by atoms with Gasteiger partial charge in [-0.2, -0.15) is 4.98 Å². The van der Waals surface area contributed by atoms with Crippen LogP contribution >= 0.6 is 0 Å². The molecule has 0 bridgehead atoms. The van der Waals surface area contributed by atoms with Crippen LogP contribution in [0.4, 0.5) is 23.5 Å². The van der Waals surface area contributed by atoms with Crippen LogP contribution in [0, 0.1) is 5.82 Å². The molecule has 0 atom stereocenters. The number of carbonyl (C=O) groups excluding carboxylic acids is 1. The summed E-state index contributed by atoms with van der Waals surface area (Å²) < 4.78 is 78.8. The zero-order valence-electron chi connectivity index (χ0n) is 19.4. The number of methoxy groups -OCH3 is 1. The molecule has 8 nitrogen and oxygen atoms in total. The van der Waals surface area contributed by atoms with Gasteiger partial charge in [0.05, 0.1) is 12.7 Å². The number of halogens is 4. The molecule has 176 valence electrons. The molecular formula is C22H17F4N5O3. The van der Waals surface area contributed by atoms with E-state index in [1.54, 1.807) is 18.3 Å². The molecule has 0 saturated carbocycles. The van der Waals surface area contributed by atoms with Crippen molar-refractivity contribution in [1.82, 2.24) is 19.6 Å². The van der Waals surface area contributed by atoms with E-state index in [1.807, 2.05) is 0 Å². The standard InChI is InChI=1S/C22H17F4N5O3/c1-33-20-16(9-14(11-28-20)12-6-7-31-19(10-12)29-21(27)30-31)18(32)5-2-13-8-15(3-4-17(13)23)34-22(24,25)26/h3-4,6-11H,2,5H2,1H3,(H2,27,30)/i2D2. The average molecular weight is 477 g/mol. The van der Waals surface area contributed by atoms with Gasteiger partial charge in [0.15, 0.2) is 11.4 Å². The first-order chi connectivity index (χ1) is 16.9. The van der Waals surface area contributed by atoms with Gasteiger partial charge >= 0.3 is 6.36 Å². The molecule has 4 aromatic rings. The Morgan fingerprint density at radius 3 is 2.74 bits per heavy atom. The topological polar surface area (TPSA) is 105 Å². The number of carbonyl (C=O) groups is 1. The lowest BCUT2D eigenvalue weighted by molar-refractivity contribution is -0.274. The minimum atomic E-state index is -5.06. The second-order valence-electron chi connectivity index (χ2n) is 6.94. The third-order valence-corrected chi connectivity index (χ3v) is 4.64. The highest BCUT2D eigenvalue weighted by molar-refractivity contribution is 5.99. The van der Waals surface area contributed by atoms with Crippen molar-refractivity contribution in [2.24, 2.45) is 0 Å². The molecule has 0 amide bonds. The zero-order chi connectivity index (χ0) is 26.3. The van der Waals surface area contributed by atoms with E-state index in [1.165, 1.54) is 23.9 Å². The quantitative estimate of drug-likeness (QED) is 0.314. The van der Waals surface area contributed by atoms with Crippen LogP contribution in [0.15, 0.2) is 48.8 Å². The van der Waals surface area contributed by atoms with Crippen LogP contribution in [0.3, 0.4) is 0 Å². The summed E-state index contributed by atoms with van der Waals surface area (Å²) in [7, 11) is 1.26. The van der Waals surface area contributed by atoms with E-state index in [2.05, 4.69) is 19.8 Å². The number of fused-ring (bicyclic) bond motifs is 1. The summed E-state index contributed by atoms with van der Waals surface area (Å²) in [5.41, 5.74) is 6.19. The predicted octanol–water partition coefficient (Wildman–Crippen LogP) is 4.24. The number of hydrogen-bond donors (Lipinski definition) is 1. The monoisotopic (exact) mass is 477 g/mol. The molecule has 0 spiro atoms. The maximum absolute atomic E-state index is 14.4. The van der Waals surface area contributed by atoms with E-state index in [4.69, 9.17) is 13.2 Å². The van der Waals surface area contributed by atoms with E-state index in [0.29, 0.717) is 35.0 Å². The number of Topliss-reactive ketones (excluding diaryl/α,β-unsaturated/α-hetero) is 1. The molecule has 2 N–H and O–H groups in total. The van der Waals surface area contributed by atoms with Gasteiger partial charge in [-0.05, 0) is 53.9 Å². The van der Waals surface area contributed by atoms with Crippen LogP contribution < -0.4 is 15.2 Å². The number of alkyl halides is 3. The molecular weight excluding hydrogens is 458 g/mol. The van der Waals surface area contributed by atoms with Crippen molar-refractivity contribution in [3.8, 4) is 22.8 Å². The van der Waals surface area contributed by atoms with E-state index in [-0.39, 0.29) is 17.4 Å². The summed E-state index contributed by atoms with van der Waals surface area (Å²) in [5.74, 6) is -2.82. The van der Waals surface area contributed by atoms with Gasteiger partial charge < -0.3 is 15.2 Å². The molecule has 34 heavy (non-hydrogen) atoms. The van der Waals surface area contributed by atoms with E-state index >= 15 is 0 Å². The maximum Gasteiger partial charge on any atom is 0.573 e. The molecule has 0 unspecified atom stereocenters. The highest BCUT2D eigenvalue weighted by Gasteiger charge is 2.31. The number of nitrogens with two attached hydrogens (primary N) is 1. The molecule has 0 aliphatic carbocycles. The van der Waals surface area contributed by atoms with Gasteiger partial charge in [-0.1, -0.05) is 0 Å². The third-order valence-electron chi connectivity index (χ3n) is 4.64. The lowest BCUT2D eigenvalue weighted by Gasteiger charge is -2.12. The summed E-state index contributed by atoms with van der Waals surface area (Å²) in [6, 6.07) is 6.63. The number of rotatable bonds is 7. The first-order valence-corrected chi connectivity index (χ1v) is 9.61. The second kappa shape index (κ2) is 8.96. The second-order valence-corrected chi connectivity index (χ2v) is 6.94. The van der Waals surface area contributed by atoms with Gasteiger partial charge in [-0.25, -0.2) is 13.9 Å². The van der Waals surface area contributed by atoms with Crippen molar-refractivity contribution >= 4 is 17.4 Å². The number of ether oxygens (including phenoxy) is 2. The van der Waals surface area contributed by atoms with Gasteiger partial charge in [0.2, 0.25) is 11.8 Å². The Morgan fingerprint density at radius 2 is 2.00 bits per heavy atom. The van der Waals surface area contributed by atoms with Gasteiger partial charge in [-0.15, -0.1) is 18.3 Å². The smallest absolute Gasteiger partial charge is 0.480 e. The van der Waals surface area contributed by atoms with Crippen LogP contribution in [0.5, 0.6) is 11.6 Å². The minimum Gasteiger partial charge on any atom is -0.480 e. The molecule has 0 aliphatic heterocycles. The van der Waals surface area contributed by atoms with Crippen LogP contribution in [0.25, 0.3) is 16.8 Å². The van der Waals surface area contributed by atoms with Crippen LogP contribution in [0.1, 0.15) is 25.1 Å². The fraction of sp³-hybridized carbons (Fsp3) is 0.182. The Morgan fingerprint density at radius 1 is 1.21 bits per heavy atom. The summed E-state index contributed by atoms with van der Waals surface area (Å²) in [5, 5.41) is 3.97. The average Bonchev–Trinajstić information content (AvgIpc) is 3.17. The maximum atomic E-state index is 14.4. The van der Waals surface area contributed by atoms with E-state index in [9.17, 15) is 22.4 Å². The van der Waals surface area contributed by atoms with Crippen LogP contribution in [-0.2, 0) is 6.37 Å². The number of nitrogens with zero attached hydrogens (tertiary/aromatic N) is 4. The first kappa shape index (κ1) is 20.4. The fourth-order valence-electron chi connectivity index (χ4n) is 3.16. The van der Waals surface area contributed by atoms with Gasteiger partial charge in [0.1, 0.15) is 11.6 Å². The normalized spacial score (nSPS) is 12.9. The number of anilines is 1. The van der Waals surface area contributed by atoms with Crippen molar-refractivity contribution < 1.29 is 34.6 Å². The zero-order valence-corrected chi connectivity index (χ0v) is 17.4. The lowest BCUT2D eigenvalue weighted by atomic mass is 10.00. The first-order valence-electron chi connectivity index (χ1n) is 10.6. The summed E-state index contributed by atoms with van der Waals surface area (Å²) in [6.07, 6.45) is -5.64. The highest BCUT2D eigenvalue weighted by atomic mass is 19.4. The number of ketones is 1. The molecule has 12 heteroatoms.